The van der Waals surface area contributed by atoms with Gasteiger partial charge in [-0.1, -0.05) is 54.6 Å². The van der Waals surface area contributed by atoms with Crippen LogP contribution in [-0.2, 0) is 23.6 Å². The number of carbonyl (C=O) groups excluding carboxylic acids is 1. The van der Waals surface area contributed by atoms with Gasteiger partial charge in [-0.25, -0.2) is 0 Å². The monoisotopic (exact) mass is 301 g/mol. The van der Waals surface area contributed by atoms with Gasteiger partial charge in [-0.3, -0.25) is 4.79 Å². The fourth-order valence-electron chi connectivity index (χ4n) is 2.21. The predicted molar refractivity (Wildman–Crippen MR) is 87.2 cm³/mol. The van der Waals surface area contributed by atoms with Crippen LogP contribution in [0.1, 0.15) is 29.5 Å². The number of carbonyl (C=O) groups is 1. The third-order valence-corrected chi connectivity index (χ3v) is 3.66. The second-order valence-electron chi connectivity index (χ2n) is 5.07. The first kappa shape index (κ1) is 15.6. The molecule has 0 heterocycles. The first-order valence-corrected chi connectivity index (χ1v) is 7.76. The van der Waals surface area contributed by atoms with Gasteiger partial charge in [-0.2, -0.15) is 0 Å². The van der Waals surface area contributed by atoms with E-state index in [1.54, 1.807) is 0 Å². The Labute approximate surface area is 131 Å². The summed E-state index contributed by atoms with van der Waals surface area (Å²) in [6.07, 6.45) is 2.37. The van der Waals surface area contributed by atoms with Crippen molar-refractivity contribution in [2.75, 3.05) is 0 Å². The fraction of sp³-hybridized carbons (Fsp3) is 0.278. The Morgan fingerprint density at radius 2 is 1.67 bits per heavy atom. The minimum atomic E-state index is 0.0993. The van der Waals surface area contributed by atoms with Crippen LogP contribution in [0.5, 0.6) is 0 Å². The molecule has 110 valence electrons. The van der Waals surface area contributed by atoms with E-state index in [1.165, 1.54) is 5.56 Å². The molecule has 2 rings (SSSR count). The summed E-state index contributed by atoms with van der Waals surface area (Å²) in [6.45, 7) is 0.564. The Morgan fingerprint density at radius 3 is 2.43 bits per heavy atom. The Kier molecular flexibility index (Phi) is 6.29. The molecule has 2 nitrogen and oxygen atoms in total. The van der Waals surface area contributed by atoms with E-state index in [0.717, 1.165) is 24.0 Å². The Hall–Kier alpha value is -1.80. The van der Waals surface area contributed by atoms with Gasteiger partial charge in [0.1, 0.15) is 0 Å². The van der Waals surface area contributed by atoms with Crippen LogP contribution < -0.4 is 5.32 Å². The molecular formula is C18H20ClNO. The second kappa shape index (κ2) is 8.48. The largest absolute Gasteiger partial charge is 0.352 e. The van der Waals surface area contributed by atoms with Crippen molar-refractivity contribution in [2.45, 2.75) is 31.7 Å². The molecule has 0 fully saturated rings. The number of amides is 1. The lowest BCUT2D eigenvalue weighted by Crippen LogP contribution is -2.22. The molecule has 0 aromatic heterocycles. The quantitative estimate of drug-likeness (QED) is 0.768. The van der Waals surface area contributed by atoms with Gasteiger partial charge < -0.3 is 5.32 Å². The van der Waals surface area contributed by atoms with Crippen LogP contribution in [0.4, 0.5) is 0 Å². The maximum atomic E-state index is 11.8. The van der Waals surface area contributed by atoms with Crippen LogP contribution >= 0.6 is 11.6 Å². The molecule has 0 radical (unpaired) electrons. The van der Waals surface area contributed by atoms with Gasteiger partial charge in [0.25, 0.3) is 0 Å². The van der Waals surface area contributed by atoms with Crippen molar-refractivity contribution in [3.8, 4) is 0 Å². The molecular weight excluding hydrogens is 282 g/mol. The van der Waals surface area contributed by atoms with Gasteiger partial charge in [0.05, 0.1) is 0 Å². The van der Waals surface area contributed by atoms with Crippen LogP contribution in [0.15, 0.2) is 54.6 Å². The molecule has 0 spiro atoms. The summed E-state index contributed by atoms with van der Waals surface area (Å²) in [5, 5.41) is 2.95. The molecule has 0 aliphatic rings. The van der Waals surface area contributed by atoms with Crippen molar-refractivity contribution < 1.29 is 4.79 Å². The van der Waals surface area contributed by atoms with E-state index >= 15 is 0 Å². The molecule has 2 aromatic carbocycles. The zero-order valence-electron chi connectivity index (χ0n) is 12.0. The Morgan fingerprint density at radius 1 is 0.952 bits per heavy atom. The molecule has 1 amide bonds. The summed E-state index contributed by atoms with van der Waals surface area (Å²) in [4.78, 5) is 11.8. The lowest BCUT2D eigenvalue weighted by atomic mass is 10.1. The molecule has 0 saturated heterocycles. The minimum Gasteiger partial charge on any atom is -0.352 e. The molecule has 2 aromatic rings. The van der Waals surface area contributed by atoms with Crippen molar-refractivity contribution in [3.63, 3.8) is 0 Å². The van der Waals surface area contributed by atoms with Gasteiger partial charge in [-0.15, -0.1) is 11.6 Å². The van der Waals surface area contributed by atoms with Crippen molar-refractivity contribution in [1.82, 2.24) is 5.32 Å². The lowest BCUT2D eigenvalue weighted by Gasteiger charge is -2.06. The number of nitrogens with one attached hydrogen (secondary N) is 1. The number of alkyl halides is 1. The zero-order chi connectivity index (χ0) is 14.9. The van der Waals surface area contributed by atoms with Crippen LogP contribution in [0, 0.1) is 0 Å². The maximum Gasteiger partial charge on any atom is 0.220 e. The van der Waals surface area contributed by atoms with E-state index in [2.05, 4.69) is 17.4 Å². The summed E-state index contributed by atoms with van der Waals surface area (Å²) in [6, 6.07) is 18.2. The number of benzene rings is 2. The molecule has 1 N–H and O–H groups in total. The van der Waals surface area contributed by atoms with Crippen molar-refractivity contribution >= 4 is 17.5 Å². The molecule has 0 atom stereocenters. The highest BCUT2D eigenvalue weighted by Gasteiger charge is 2.02. The predicted octanol–water partition coefficient (Wildman–Crippen LogP) is 4.06. The van der Waals surface area contributed by atoms with Crippen molar-refractivity contribution in [2.24, 2.45) is 0 Å². The average Bonchev–Trinajstić information content (AvgIpc) is 2.54. The van der Waals surface area contributed by atoms with E-state index in [4.69, 9.17) is 11.6 Å². The lowest BCUT2D eigenvalue weighted by molar-refractivity contribution is -0.121. The second-order valence-corrected chi connectivity index (χ2v) is 5.34. The number of rotatable bonds is 7. The summed E-state index contributed by atoms with van der Waals surface area (Å²) in [7, 11) is 0. The number of hydrogen-bond donors (Lipinski definition) is 1. The van der Waals surface area contributed by atoms with Crippen LogP contribution in [0.2, 0.25) is 0 Å². The topological polar surface area (TPSA) is 29.1 Å². The molecule has 0 aliphatic heterocycles. The van der Waals surface area contributed by atoms with Gasteiger partial charge in [0.15, 0.2) is 0 Å². The summed E-state index contributed by atoms with van der Waals surface area (Å²) in [5.41, 5.74) is 3.44. The Bertz CT molecular complexity index is 568. The van der Waals surface area contributed by atoms with E-state index in [0.29, 0.717) is 18.8 Å². The highest BCUT2D eigenvalue weighted by atomic mass is 35.5. The van der Waals surface area contributed by atoms with Gasteiger partial charge in [-0.05, 0) is 29.5 Å². The summed E-state index contributed by atoms with van der Waals surface area (Å²) >= 11 is 5.80. The number of aryl methyl sites for hydroxylation is 1. The molecule has 0 aliphatic carbocycles. The summed E-state index contributed by atoms with van der Waals surface area (Å²) in [5.74, 6) is 0.598. The number of halogens is 1. The van der Waals surface area contributed by atoms with Gasteiger partial charge in [0.2, 0.25) is 5.91 Å². The summed E-state index contributed by atoms with van der Waals surface area (Å²) < 4.78 is 0. The van der Waals surface area contributed by atoms with E-state index in [9.17, 15) is 4.79 Å². The molecule has 0 saturated carbocycles. The number of hydrogen-bond acceptors (Lipinski definition) is 1. The fourth-order valence-corrected chi connectivity index (χ4v) is 2.38. The van der Waals surface area contributed by atoms with E-state index in [-0.39, 0.29) is 5.91 Å². The normalized spacial score (nSPS) is 10.3. The SMILES string of the molecule is O=C(CCCc1ccccc1)NCc1cccc(CCl)c1. The highest BCUT2D eigenvalue weighted by Crippen LogP contribution is 2.08. The van der Waals surface area contributed by atoms with Gasteiger partial charge in [0, 0.05) is 18.8 Å². The maximum absolute atomic E-state index is 11.8. The van der Waals surface area contributed by atoms with E-state index in [1.807, 2.05) is 42.5 Å². The first-order chi connectivity index (χ1) is 10.3. The van der Waals surface area contributed by atoms with Gasteiger partial charge >= 0.3 is 0 Å². The highest BCUT2D eigenvalue weighted by molar-refractivity contribution is 6.17. The standard InChI is InChI=1S/C18H20ClNO/c19-13-16-9-4-10-17(12-16)14-20-18(21)11-5-8-15-6-2-1-3-7-15/h1-4,6-7,9-10,12H,5,8,11,13-14H2,(H,20,21). The van der Waals surface area contributed by atoms with Crippen LogP contribution in [0.3, 0.4) is 0 Å². The average molecular weight is 302 g/mol. The molecule has 21 heavy (non-hydrogen) atoms. The zero-order valence-corrected chi connectivity index (χ0v) is 12.8. The third kappa shape index (κ3) is 5.60. The molecule has 0 unspecified atom stereocenters. The third-order valence-electron chi connectivity index (χ3n) is 3.35. The smallest absolute Gasteiger partial charge is 0.220 e. The van der Waals surface area contributed by atoms with Crippen LogP contribution in [-0.4, -0.2) is 5.91 Å². The van der Waals surface area contributed by atoms with Crippen molar-refractivity contribution in [1.29, 1.82) is 0 Å². The minimum absolute atomic E-state index is 0.0993. The Balaban J connectivity index is 1.70. The van der Waals surface area contributed by atoms with E-state index < -0.39 is 0 Å². The van der Waals surface area contributed by atoms with Crippen LogP contribution in [0.25, 0.3) is 0 Å². The first-order valence-electron chi connectivity index (χ1n) is 7.22. The molecule has 0 bridgehead atoms. The molecule has 3 heteroatoms. The van der Waals surface area contributed by atoms with Crippen molar-refractivity contribution in [3.05, 3.63) is 71.3 Å².